The molecule has 0 aromatic heterocycles. The molecular formula is C13H24N2O2. The third kappa shape index (κ3) is 2.80. The van der Waals surface area contributed by atoms with Crippen LogP contribution >= 0.6 is 0 Å². The van der Waals surface area contributed by atoms with Gasteiger partial charge in [-0.15, -0.1) is 0 Å². The van der Waals surface area contributed by atoms with E-state index in [0.717, 1.165) is 51.8 Å². The van der Waals surface area contributed by atoms with Gasteiger partial charge in [-0.05, 0) is 19.3 Å². The minimum atomic E-state index is -0.261. The topological polar surface area (TPSA) is 55.6 Å². The van der Waals surface area contributed by atoms with Crippen molar-refractivity contribution in [3.63, 3.8) is 0 Å². The van der Waals surface area contributed by atoms with Crippen LogP contribution in [0.25, 0.3) is 0 Å². The van der Waals surface area contributed by atoms with Gasteiger partial charge in [0.1, 0.15) is 0 Å². The Kier molecular flexibility index (Phi) is 4.40. The molecule has 0 aromatic carbocycles. The molecule has 0 radical (unpaired) electrons. The number of ether oxygens (including phenoxy) is 1. The van der Waals surface area contributed by atoms with Gasteiger partial charge < -0.3 is 15.4 Å². The van der Waals surface area contributed by atoms with Crippen LogP contribution in [0.3, 0.4) is 0 Å². The standard InChI is InChI=1S/C13H24N2O2/c14-11-13(5-2-1-3-6-13)12(16)15-7-4-9-17-10-8-15/h1-11,14H2. The molecule has 0 aromatic rings. The van der Waals surface area contributed by atoms with Crippen LogP contribution in [-0.4, -0.2) is 43.7 Å². The molecule has 1 amide bonds. The van der Waals surface area contributed by atoms with E-state index in [1.165, 1.54) is 6.42 Å². The van der Waals surface area contributed by atoms with E-state index >= 15 is 0 Å². The van der Waals surface area contributed by atoms with Crippen molar-refractivity contribution in [3.8, 4) is 0 Å². The zero-order valence-electron chi connectivity index (χ0n) is 10.6. The van der Waals surface area contributed by atoms with Crippen LogP contribution in [0.5, 0.6) is 0 Å². The third-order valence-corrected chi connectivity index (χ3v) is 4.16. The summed E-state index contributed by atoms with van der Waals surface area (Å²) in [4.78, 5) is 14.6. The Morgan fingerprint density at radius 2 is 1.88 bits per heavy atom. The van der Waals surface area contributed by atoms with Crippen molar-refractivity contribution < 1.29 is 9.53 Å². The lowest BCUT2D eigenvalue weighted by Crippen LogP contribution is -2.49. The Morgan fingerprint density at radius 3 is 2.59 bits per heavy atom. The molecule has 1 aliphatic carbocycles. The summed E-state index contributed by atoms with van der Waals surface area (Å²) in [7, 11) is 0. The summed E-state index contributed by atoms with van der Waals surface area (Å²) in [6.45, 7) is 3.52. The minimum absolute atomic E-state index is 0.261. The van der Waals surface area contributed by atoms with Crippen LogP contribution in [-0.2, 0) is 9.53 Å². The Morgan fingerprint density at radius 1 is 1.12 bits per heavy atom. The van der Waals surface area contributed by atoms with E-state index in [1.807, 2.05) is 4.90 Å². The average Bonchev–Trinajstić information content (AvgIpc) is 2.67. The molecule has 2 N–H and O–H groups in total. The molecule has 0 spiro atoms. The zero-order valence-corrected chi connectivity index (χ0v) is 10.6. The molecule has 1 saturated heterocycles. The van der Waals surface area contributed by atoms with Crippen molar-refractivity contribution in [3.05, 3.63) is 0 Å². The van der Waals surface area contributed by atoms with Gasteiger partial charge in [0.15, 0.2) is 0 Å². The van der Waals surface area contributed by atoms with Gasteiger partial charge in [-0.3, -0.25) is 4.79 Å². The predicted molar refractivity (Wildman–Crippen MR) is 66.6 cm³/mol. The normalized spacial score (nSPS) is 25.4. The van der Waals surface area contributed by atoms with Gasteiger partial charge in [-0.2, -0.15) is 0 Å². The fraction of sp³-hybridized carbons (Fsp3) is 0.923. The summed E-state index contributed by atoms with van der Waals surface area (Å²) < 4.78 is 5.40. The highest BCUT2D eigenvalue weighted by Gasteiger charge is 2.40. The number of nitrogens with two attached hydrogens (primary N) is 1. The lowest BCUT2D eigenvalue weighted by atomic mass is 9.73. The molecule has 0 atom stereocenters. The molecule has 0 bridgehead atoms. The van der Waals surface area contributed by atoms with Crippen molar-refractivity contribution >= 4 is 5.91 Å². The van der Waals surface area contributed by atoms with Crippen LogP contribution < -0.4 is 5.73 Å². The summed E-state index contributed by atoms with van der Waals surface area (Å²) in [5.41, 5.74) is 5.64. The largest absolute Gasteiger partial charge is 0.380 e. The maximum Gasteiger partial charge on any atom is 0.230 e. The molecule has 2 aliphatic rings. The molecule has 2 rings (SSSR count). The maximum atomic E-state index is 12.6. The van der Waals surface area contributed by atoms with Gasteiger partial charge in [-0.25, -0.2) is 0 Å². The van der Waals surface area contributed by atoms with E-state index in [-0.39, 0.29) is 11.3 Å². The number of amides is 1. The summed E-state index contributed by atoms with van der Waals surface area (Å²) in [6, 6.07) is 0. The summed E-state index contributed by atoms with van der Waals surface area (Å²) in [5, 5.41) is 0. The molecule has 2 fully saturated rings. The maximum absolute atomic E-state index is 12.6. The van der Waals surface area contributed by atoms with E-state index in [4.69, 9.17) is 10.5 Å². The second-order valence-electron chi connectivity index (χ2n) is 5.30. The SMILES string of the molecule is NCC1(C(=O)N2CCCOCC2)CCCCC1. The Labute approximate surface area is 103 Å². The fourth-order valence-electron chi connectivity index (χ4n) is 3.02. The van der Waals surface area contributed by atoms with E-state index < -0.39 is 0 Å². The van der Waals surface area contributed by atoms with Gasteiger partial charge >= 0.3 is 0 Å². The number of hydrogen-bond donors (Lipinski definition) is 1. The predicted octanol–water partition coefficient (Wildman–Crippen LogP) is 1.14. The smallest absolute Gasteiger partial charge is 0.230 e. The summed E-state index contributed by atoms with van der Waals surface area (Å²) in [6.07, 6.45) is 6.43. The van der Waals surface area contributed by atoms with E-state index in [0.29, 0.717) is 13.2 Å². The molecule has 1 heterocycles. The number of nitrogens with zero attached hydrogens (tertiary/aromatic N) is 1. The first-order chi connectivity index (χ1) is 8.28. The van der Waals surface area contributed by atoms with Crippen molar-refractivity contribution in [2.45, 2.75) is 38.5 Å². The van der Waals surface area contributed by atoms with Crippen LogP contribution in [0, 0.1) is 5.41 Å². The van der Waals surface area contributed by atoms with Gasteiger partial charge in [0, 0.05) is 26.2 Å². The molecule has 17 heavy (non-hydrogen) atoms. The van der Waals surface area contributed by atoms with E-state index in [2.05, 4.69) is 0 Å². The number of carbonyl (C=O) groups is 1. The summed E-state index contributed by atoms with van der Waals surface area (Å²) >= 11 is 0. The number of carbonyl (C=O) groups excluding carboxylic acids is 1. The molecule has 1 saturated carbocycles. The Bertz CT molecular complexity index is 254. The first-order valence-electron chi connectivity index (χ1n) is 6.86. The molecule has 4 nitrogen and oxygen atoms in total. The Balaban J connectivity index is 2.04. The lowest BCUT2D eigenvalue weighted by Gasteiger charge is -2.38. The van der Waals surface area contributed by atoms with E-state index in [1.54, 1.807) is 0 Å². The highest BCUT2D eigenvalue weighted by atomic mass is 16.5. The van der Waals surface area contributed by atoms with Gasteiger partial charge in [-0.1, -0.05) is 19.3 Å². The van der Waals surface area contributed by atoms with Crippen molar-refractivity contribution in [1.82, 2.24) is 4.90 Å². The van der Waals surface area contributed by atoms with Crippen LogP contribution in [0.15, 0.2) is 0 Å². The number of rotatable bonds is 2. The Hall–Kier alpha value is -0.610. The quantitative estimate of drug-likeness (QED) is 0.787. The average molecular weight is 240 g/mol. The third-order valence-electron chi connectivity index (χ3n) is 4.16. The molecule has 4 heteroatoms. The zero-order chi connectivity index (χ0) is 12.1. The molecular weight excluding hydrogens is 216 g/mol. The number of hydrogen-bond acceptors (Lipinski definition) is 3. The second kappa shape index (κ2) is 5.83. The monoisotopic (exact) mass is 240 g/mol. The van der Waals surface area contributed by atoms with Crippen molar-refractivity contribution in [1.29, 1.82) is 0 Å². The van der Waals surface area contributed by atoms with Crippen LogP contribution in [0.2, 0.25) is 0 Å². The van der Waals surface area contributed by atoms with Crippen molar-refractivity contribution in [2.24, 2.45) is 11.1 Å². The molecule has 98 valence electrons. The molecule has 0 unspecified atom stereocenters. The lowest BCUT2D eigenvalue weighted by molar-refractivity contribution is -0.143. The van der Waals surface area contributed by atoms with Gasteiger partial charge in [0.2, 0.25) is 5.91 Å². The van der Waals surface area contributed by atoms with E-state index in [9.17, 15) is 4.79 Å². The second-order valence-corrected chi connectivity index (χ2v) is 5.30. The fourth-order valence-corrected chi connectivity index (χ4v) is 3.02. The molecule has 1 aliphatic heterocycles. The van der Waals surface area contributed by atoms with Crippen LogP contribution in [0.1, 0.15) is 38.5 Å². The van der Waals surface area contributed by atoms with Crippen molar-refractivity contribution in [2.75, 3.05) is 32.8 Å². The summed E-state index contributed by atoms with van der Waals surface area (Å²) in [5.74, 6) is 0.283. The minimum Gasteiger partial charge on any atom is -0.380 e. The highest BCUT2D eigenvalue weighted by molar-refractivity contribution is 5.83. The van der Waals surface area contributed by atoms with Gasteiger partial charge in [0.05, 0.1) is 12.0 Å². The van der Waals surface area contributed by atoms with Crippen LogP contribution in [0.4, 0.5) is 0 Å². The first kappa shape index (κ1) is 12.8. The highest BCUT2D eigenvalue weighted by Crippen LogP contribution is 2.37. The first-order valence-corrected chi connectivity index (χ1v) is 6.86. The van der Waals surface area contributed by atoms with Gasteiger partial charge in [0.25, 0.3) is 0 Å².